The Bertz CT molecular complexity index is 1190. The molecule has 0 radical (unpaired) electrons. The molecule has 10 heteroatoms. The Morgan fingerprint density at radius 1 is 1.04 bits per heavy atom. The first-order valence-electron chi connectivity index (χ1n) is 7.90. The number of halogens is 2. The van der Waals surface area contributed by atoms with Crippen molar-refractivity contribution in [3.8, 4) is 0 Å². The van der Waals surface area contributed by atoms with E-state index in [-0.39, 0.29) is 4.90 Å². The predicted molar refractivity (Wildman–Crippen MR) is 95.4 cm³/mol. The first-order chi connectivity index (χ1) is 13.3. The lowest BCUT2D eigenvalue weighted by Crippen LogP contribution is -2.30. The van der Waals surface area contributed by atoms with Crippen LogP contribution in [0.4, 0.5) is 14.5 Å². The Morgan fingerprint density at radius 2 is 1.75 bits per heavy atom. The summed E-state index contributed by atoms with van der Waals surface area (Å²) in [6.07, 6.45) is 0. The summed E-state index contributed by atoms with van der Waals surface area (Å²) in [6, 6.07) is 11.9. The van der Waals surface area contributed by atoms with E-state index in [9.17, 15) is 26.8 Å². The molecule has 0 atom stereocenters. The second-order valence-corrected chi connectivity index (χ2v) is 7.55. The highest BCUT2D eigenvalue weighted by Gasteiger charge is 2.21. The van der Waals surface area contributed by atoms with Gasteiger partial charge in [0.15, 0.2) is 5.03 Å². The van der Waals surface area contributed by atoms with Crippen molar-refractivity contribution in [1.82, 2.24) is 9.78 Å². The Kier molecular flexibility index (Phi) is 5.32. The van der Waals surface area contributed by atoms with E-state index in [0.717, 1.165) is 30.3 Å². The second kappa shape index (κ2) is 7.69. The number of carbonyl (C=O) groups is 1. The highest BCUT2D eigenvalue weighted by Crippen LogP contribution is 2.17. The van der Waals surface area contributed by atoms with Gasteiger partial charge in [-0.15, -0.1) is 0 Å². The van der Waals surface area contributed by atoms with E-state index in [1.165, 1.54) is 24.3 Å². The van der Waals surface area contributed by atoms with Crippen LogP contribution in [0.3, 0.4) is 0 Å². The fourth-order valence-corrected chi connectivity index (χ4v) is 3.54. The van der Waals surface area contributed by atoms with Crippen molar-refractivity contribution in [2.75, 3.05) is 5.32 Å². The minimum absolute atomic E-state index is 0.0287. The Labute approximate surface area is 158 Å². The molecule has 1 amide bonds. The molecular formula is C18H13F2N3O4S. The molecule has 0 unspecified atom stereocenters. The lowest BCUT2D eigenvalue weighted by Gasteiger charge is -2.09. The van der Waals surface area contributed by atoms with Crippen LogP contribution in [0.1, 0.15) is 0 Å². The van der Waals surface area contributed by atoms with Gasteiger partial charge in [0, 0.05) is 12.1 Å². The van der Waals surface area contributed by atoms with E-state index < -0.39 is 50.2 Å². The highest BCUT2D eigenvalue weighted by molar-refractivity contribution is 7.91. The molecule has 0 spiro atoms. The van der Waals surface area contributed by atoms with Crippen LogP contribution in [0.25, 0.3) is 0 Å². The van der Waals surface area contributed by atoms with Crippen LogP contribution in [-0.4, -0.2) is 24.1 Å². The van der Waals surface area contributed by atoms with Crippen LogP contribution in [0.5, 0.6) is 0 Å². The number of nitrogens with one attached hydrogen (secondary N) is 1. The molecule has 28 heavy (non-hydrogen) atoms. The lowest BCUT2D eigenvalue weighted by atomic mass is 10.3. The molecule has 0 saturated carbocycles. The fourth-order valence-electron chi connectivity index (χ4n) is 2.33. The molecule has 1 N–H and O–H groups in total. The van der Waals surface area contributed by atoms with Gasteiger partial charge in [-0.2, -0.15) is 5.10 Å². The third kappa shape index (κ3) is 4.12. The number of rotatable bonds is 5. The maximum Gasteiger partial charge on any atom is 0.267 e. The van der Waals surface area contributed by atoms with Gasteiger partial charge in [0.1, 0.15) is 18.2 Å². The molecule has 3 aromatic rings. The summed E-state index contributed by atoms with van der Waals surface area (Å²) >= 11 is 0. The Hall–Kier alpha value is -3.40. The van der Waals surface area contributed by atoms with Gasteiger partial charge in [-0.1, -0.05) is 18.2 Å². The second-order valence-electron chi connectivity index (χ2n) is 5.66. The molecule has 144 valence electrons. The van der Waals surface area contributed by atoms with E-state index in [4.69, 9.17) is 0 Å². The van der Waals surface area contributed by atoms with E-state index >= 15 is 0 Å². The van der Waals surface area contributed by atoms with Crippen molar-refractivity contribution in [3.05, 3.63) is 82.7 Å². The summed E-state index contributed by atoms with van der Waals surface area (Å²) in [5.74, 6) is -2.51. The third-order valence-corrected chi connectivity index (χ3v) is 5.33. The van der Waals surface area contributed by atoms with Gasteiger partial charge >= 0.3 is 0 Å². The zero-order valence-electron chi connectivity index (χ0n) is 14.2. The van der Waals surface area contributed by atoms with Gasteiger partial charge in [-0.25, -0.2) is 21.9 Å². The number of sulfone groups is 1. The van der Waals surface area contributed by atoms with E-state index in [2.05, 4.69) is 10.4 Å². The molecular weight excluding hydrogens is 392 g/mol. The van der Waals surface area contributed by atoms with Crippen LogP contribution in [0.15, 0.2) is 75.4 Å². The number of hydrogen-bond acceptors (Lipinski definition) is 5. The zero-order valence-corrected chi connectivity index (χ0v) is 15.0. The number of amides is 1. The summed E-state index contributed by atoms with van der Waals surface area (Å²) in [7, 11) is -4.00. The number of nitrogens with zero attached hydrogens (tertiary/aromatic N) is 2. The van der Waals surface area contributed by atoms with Crippen LogP contribution in [0, 0.1) is 11.6 Å². The van der Waals surface area contributed by atoms with Gasteiger partial charge in [0.05, 0.1) is 10.6 Å². The lowest BCUT2D eigenvalue weighted by molar-refractivity contribution is -0.117. The Balaban J connectivity index is 1.87. The van der Waals surface area contributed by atoms with E-state index in [1.54, 1.807) is 6.07 Å². The third-order valence-electron chi connectivity index (χ3n) is 3.67. The van der Waals surface area contributed by atoms with Crippen molar-refractivity contribution < 1.29 is 22.0 Å². The van der Waals surface area contributed by atoms with Crippen molar-refractivity contribution in [1.29, 1.82) is 0 Å². The Morgan fingerprint density at radius 3 is 2.46 bits per heavy atom. The maximum absolute atomic E-state index is 13.6. The van der Waals surface area contributed by atoms with E-state index in [0.29, 0.717) is 4.68 Å². The molecule has 0 saturated heterocycles. The van der Waals surface area contributed by atoms with Crippen molar-refractivity contribution >= 4 is 21.4 Å². The summed E-state index contributed by atoms with van der Waals surface area (Å²) in [5.41, 5.74) is -1.15. The van der Waals surface area contributed by atoms with Crippen LogP contribution >= 0.6 is 0 Å². The molecule has 1 aromatic heterocycles. The summed E-state index contributed by atoms with van der Waals surface area (Å²) < 4.78 is 52.6. The topological polar surface area (TPSA) is 98.1 Å². The summed E-state index contributed by atoms with van der Waals surface area (Å²) in [4.78, 5) is 24.0. The number of carbonyl (C=O) groups excluding carboxylic acids is 1. The number of anilines is 1. The SMILES string of the molecule is O=C(Cn1nc(S(=O)(=O)c2ccccc2)ccc1=O)Nc1cc(F)ccc1F. The first-order valence-corrected chi connectivity index (χ1v) is 9.39. The average Bonchev–Trinajstić information content (AvgIpc) is 2.67. The smallest absolute Gasteiger partial charge is 0.267 e. The largest absolute Gasteiger partial charge is 0.322 e. The molecule has 7 nitrogen and oxygen atoms in total. The molecule has 1 heterocycles. The molecule has 0 bridgehead atoms. The van der Waals surface area contributed by atoms with Gasteiger partial charge < -0.3 is 5.32 Å². The highest BCUT2D eigenvalue weighted by atomic mass is 32.2. The number of benzene rings is 2. The average molecular weight is 405 g/mol. The minimum atomic E-state index is -4.00. The molecule has 0 aliphatic heterocycles. The van der Waals surface area contributed by atoms with Crippen molar-refractivity contribution in [2.45, 2.75) is 16.5 Å². The van der Waals surface area contributed by atoms with Gasteiger partial charge in [-0.3, -0.25) is 9.59 Å². The van der Waals surface area contributed by atoms with Crippen LogP contribution in [0.2, 0.25) is 0 Å². The maximum atomic E-state index is 13.6. The summed E-state index contributed by atoms with van der Waals surface area (Å²) in [5, 5.41) is 5.42. The molecule has 0 aliphatic rings. The van der Waals surface area contributed by atoms with Crippen LogP contribution < -0.4 is 10.9 Å². The summed E-state index contributed by atoms with van der Waals surface area (Å²) in [6.45, 7) is -0.688. The minimum Gasteiger partial charge on any atom is -0.322 e. The molecule has 2 aromatic carbocycles. The van der Waals surface area contributed by atoms with Crippen molar-refractivity contribution in [3.63, 3.8) is 0 Å². The fraction of sp³-hybridized carbons (Fsp3) is 0.0556. The normalized spacial score (nSPS) is 11.2. The van der Waals surface area contributed by atoms with Gasteiger partial charge in [-0.05, 0) is 30.3 Å². The van der Waals surface area contributed by atoms with Crippen molar-refractivity contribution in [2.24, 2.45) is 0 Å². The van der Waals surface area contributed by atoms with Gasteiger partial charge in [0.2, 0.25) is 15.7 Å². The standard InChI is InChI=1S/C18H13F2N3O4S/c19-12-6-7-14(20)15(10-12)21-16(24)11-23-18(25)9-8-17(22-23)28(26,27)13-4-2-1-3-5-13/h1-10H,11H2,(H,21,24). The molecule has 3 rings (SSSR count). The monoisotopic (exact) mass is 405 g/mol. The van der Waals surface area contributed by atoms with Gasteiger partial charge in [0.25, 0.3) is 5.56 Å². The van der Waals surface area contributed by atoms with Crippen LogP contribution in [-0.2, 0) is 21.2 Å². The van der Waals surface area contributed by atoms with E-state index in [1.807, 2.05) is 0 Å². The first kappa shape index (κ1) is 19.4. The number of hydrogen-bond donors (Lipinski definition) is 1. The molecule has 0 fully saturated rings. The zero-order chi connectivity index (χ0) is 20.3. The predicted octanol–water partition coefficient (Wildman–Crippen LogP) is 1.99. The molecule has 0 aliphatic carbocycles. The quantitative estimate of drug-likeness (QED) is 0.700. The number of aromatic nitrogens is 2.